The zero-order valence-electron chi connectivity index (χ0n) is 13.8. The number of hydrogen-bond donors (Lipinski definition) is 0. The number of carbonyl (C=O) groups excluding carboxylic acids is 1. The fraction of sp³-hybridized carbons (Fsp3) is 0.706. The highest BCUT2D eigenvalue weighted by Crippen LogP contribution is 2.42. The van der Waals surface area contributed by atoms with Gasteiger partial charge < -0.3 is 4.90 Å². The maximum absolute atomic E-state index is 12.7. The van der Waals surface area contributed by atoms with Gasteiger partial charge in [0.1, 0.15) is 0 Å². The molecule has 108 valence electrons. The molecular formula is C17H29NO. The molecule has 1 aliphatic rings. The van der Waals surface area contributed by atoms with Gasteiger partial charge >= 0.3 is 0 Å². The van der Waals surface area contributed by atoms with Crippen LogP contribution in [0.4, 0.5) is 0 Å². The normalized spacial score (nSPS) is 23.6. The maximum Gasteiger partial charge on any atom is 0.163 e. The standard InChI is InChI=1S/C17H29NO/c1-16(2,3)13-9-12(11-18(7)8)10-14(15(13)19)17(4,5)6/h9,11,14H,10H2,1-8H3. The largest absolute Gasteiger partial charge is 0.383 e. The summed E-state index contributed by atoms with van der Waals surface area (Å²) in [5.74, 6) is 0.411. The minimum absolute atomic E-state index is 0.00719. The number of allylic oxidation sites excluding steroid dienone is 3. The van der Waals surface area contributed by atoms with E-state index in [4.69, 9.17) is 0 Å². The van der Waals surface area contributed by atoms with E-state index in [1.807, 2.05) is 14.1 Å². The molecule has 0 saturated heterocycles. The van der Waals surface area contributed by atoms with E-state index in [0.717, 1.165) is 12.0 Å². The quantitative estimate of drug-likeness (QED) is 0.711. The molecule has 1 atom stereocenters. The van der Waals surface area contributed by atoms with Crippen LogP contribution in [-0.4, -0.2) is 24.8 Å². The third kappa shape index (κ3) is 3.95. The highest BCUT2D eigenvalue weighted by Gasteiger charge is 2.39. The lowest BCUT2D eigenvalue weighted by atomic mass is 9.66. The van der Waals surface area contributed by atoms with Gasteiger partial charge in [0.05, 0.1) is 0 Å². The Morgan fingerprint density at radius 2 is 1.68 bits per heavy atom. The van der Waals surface area contributed by atoms with Crippen molar-refractivity contribution in [3.05, 3.63) is 23.4 Å². The molecule has 0 heterocycles. The molecular weight excluding hydrogens is 234 g/mol. The van der Waals surface area contributed by atoms with E-state index >= 15 is 0 Å². The minimum Gasteiger partial charge on any atom is -0.383 e. The van der Waals surface area contributed by atoms with Crippen LogP contribution >= 0.6 is 0 Å². The molecule has 0 amide bonds. The van der Waals surface area contributed by atoms with Crippen molar-refractivity contribution >= 4 is 5.78 Å². The second-order valence-corrected chi connectivity index (χ2v) is 7.96. The van der Waals surface area contributed by atoms with Crippen molar-refractivity contribution in [1.82, 2.24) is 4.90 Å². The van der Waals surface area contributed by atoms with Gasteiger partial charge in [0.2, 0.25) is 0 Å². The smallest absolute Gasteiger partial charge is 0.163 e. The number of rotatable bonds is 1. The Morgan fingerprint density at radius 1 is 1.16 bits per heavy atom. The number of ketones is 1. The first-order chi connectivity index (χ1) is 8.43. The molecule has 2 heteroatoms. The Labute approximate surface area is 118 Å². The Bertz CT molecular complexity index is 414. The van der Waals surface area contributed by atoms with Crippen molar-refractivity contribution in [3.8, 4) is 0 Å². The van der Waals surface area contributed by atoms with E-state index in [1.165, 1.54) is 5.57 Å². The molecule has 1 rings (SSSR count). The molecule has 0 aliphatic heterocycles. The summed E-state index contributed by atoms with van der Waals surface area (Å²) in [5, 5.41) is 0. The van der Waals surface area contributed by atoms with Crippen LogP contribution in [0.3, 0.4) is 0 Å². The molecule has 0 aromatic rings. The zero-order chi connectivity index (χ0) is 15.0. The Kier molecular flexibility index (Phi) is 4.33. The second kappa shape index (κ2) is 5.15. The molecule has 1 unspecified atom stereocenters. The lowest BCUT2D eigenvalue weighted by molar-refractivity contribution is -0.123. The van der Waals surface area contributed by atoms with Crippen molar-refractivity contribution in [3.63, 3.8) is 0 Å². The van der Waals surface area contributed by atoms with Gasteiger partial charge in [0.25, 0.3) is 0 Å². The number of Topliss-reactive ketones (excluding diaryl/α,β-unsaturated/α-hetero) is 1. The number of nitrogens with zero attached hydrogens (tertiary/aromatic N) is 1. The van der Waals surface area contributed by atoms with Crippen molar-refractivity contribution in [2.24, 2.45) is 16.7 Å². The summed E-state index contributed by atoms with van der Waals surface area (Å²) in [6.07, 6.45) is 5.08. The molecule has 0 spiro atoms. The fourth-order valence-corrected chi connectivity index (χ4v) is 2.54. The van der Waals surface area contributed by atoms with Gasteiger partial charge in [-0.15, -0.1) is 0 Å². The molecule has 0 aromatic carbocycles. The van der Waals surface area contributed by atoms with Crippen molar-refractivity contribution in [1.29, 1.82) is 0 Å². The van der Waals surface area contributed by atoms with E-state index in [1.54, 1.807) is 0 Å². The summed E-state index contributed by atoms with van der Waals surface area (Å²) in [6.45, 7) is 12.8. The highest BCUT2D eigenvalue weighted by molar-refractivity contribution is 6.00. The van der Waals surface area contributed by atoms with E-state index in [-0.39, 0.29) is 16.7 Å². The monoisotopic (exact) mass is 263 g/mol. The van der Waals surface area contributed by atoms with E-state index in [9.17, 15) is 4.79 Å². The van der Waals surface area contributed by atoms with Crippen LogP contribution in [0.1, 0.15) is 48.0 Å². The molecule has 0 radical (unpaired) electrons. The van der Waals surface area contributed by atoms with Crippen molar-refractivity contribution in [2.75, 3.05) is 14.1 Å². The molecule has 2 nitrogen and oxygen atoms in total. The van der Waals surface area contributed by atoms with Crippen LogP contribution in [0.2, 0.25) is 0 Å². The topological polar surface area (TPSA) is 20.3 Å². The molecule has 0 saturated carbocycles. The predicted molar refractivity (Wildman–Crippen MR) is 81.9 cm³/mol. The zero-order valence-corrected chi connectivity index (χ0v) is 13.8. The predicted octanol–water partition coefficient (Wildman–Crippen LogP) is 4.04. The van der Waals surface area contributed by atoms with Crippen LogP contribution in [0.5, 0.6) is 0 Å². The van der Waals surface area contributed by atoms with Gasteiger partial charge in [-0.2, -0.15) is 0 Å². The summed E-state index contributed by atoms with van der Waals surface area (Å²) >= 11 is 0. The Hall–Kier alpha value is -1.05. The maximum atomic E-state index is 12.7. The van der Waals surface area contributed by atoms with E-state index in [0.29, 0.717) is 5.78 Å². The van der Waals surface area contributed by atoms with Gasteiger partial charge in [-0.1, -0.05) is 47.6 Å². The van der Waals surface area contributed by atoms with Gasteiger partial charge in [-0.25, -0.2) is 0 Å². The lowest BCUT2D eigenvalue weighted by Crippen LogP contribution is -2.36. The first kappa shape index (κ1) is 16.0. The van der Waals surface area contributed by atoms with Gasteiger partial charge in [-0.05, 0) is 22.8 Å². The highest BCUT2D eigenvalue weighted by atomic mass is 16.1. The van der Waals surface area contributed by atoms with Crippen LogP contribution < -0.4 is 0 Å². The van der Waals surface area contributed by atoms with Crippen LogP contribution in [-0.2, 0) is 4.79 Å². The average Bonchev–Trinajstić information content (AvgIpc) is 2.16. The summed E-state index contributed by atoms with van der Waals surface area (Å²) in [5.41, 5.74) is 2.14. The minimum atomic E-state index is -0.0909. The number of carbonyl (C=O) groups is 1. The van der Waals surface area contributed by atoms with Crippen LogP contribution in [0.25, 0.3) is 0 Å². The third-order valence-electron chi connectivity index (χ3n) is 3.63. The van der Waals surface area contributed by atoms with Crippen LogP contribution in [0, 0.1) is 16.7 Å². The second-order valence-electron chi connectivity index (χ2n) is 7.96. The van der Waals surface area contributed by atoms with E-state index < -0.39 is 0 Å². The summed E-state index contributed by atoms with van der Waals surface area (Å²) in [4.78, 5) is 14.8. The molecule has 1 aliphatic carbocycles. The lowest BCUT2D eigenvalue weighted by Gasteiger charge is -2.37. The summed E-state index contributed by atoms with van der Waals surface area (Å²) < 4.78 is 0. The van der Waals surface area contributed by atoms with Gasteiger partial charge in [0.15, 0.2) is 5.78 Å². The fourth-order valence-electron chi connectivity index (χ4n) is 2.54. The van der Waals surface area contributed by atoms with Gasteiger partial charge in [-0.3, -0.25) is 4.79 Å². The SMILES string of the molecule is CN(C)C=C1C=C(C(C)(C)C)C(=O)C(C(C)(C)C)C1. The molecule has 0 aromatic heterocycles. The Morgan fingerprint density at radius 3 is 2.05 bits per heavy atom. The molecule has 0 N–H and O–H groups in total. The van der Waals surface area contributed by atoms with Crippen molar-refractivity contribution < 1.29 is 4.79 Å². The van der Waals surface area contributed by atoms with Gasteiger partial charge in [0, 0.05) is 31.8 Å². The number of hydrogen-bond acceptors (Lipinski definition) is 2. The molecule has 0 fully saturated rings. The summed E-state index contributed by atoms with van der Waals surface area (Å²) in [7, 11) is 4.06. The van der Waals surface area contributed by atoms with E-state index in [2.05, 4.69) is 58.7 Å². The van der Waals surface area contributed by atoms with Crippen molar-refractivity contribution in [2.45, 2.75) is 48.0 Å². The molecule has 0 bridgehead atoms. The first-order valence-electron chi connectivity index (χ1n) is 7.06. The van der Waals surface area contributed by atoms with Crippen LogP contribution in [0.15, 0.2) is 23.4 Å². The summed E-state index contributed by atoms with van der Waals surface area (Å²) in [6, 6.07) is 0. The molecule has 19 heavy (non-hydrogen) atoms. The third-order valence-corrected chi connectivity index (χ3v) is 3.63. The Balaban J connectivity index is 3.28. The first-order valence-corrected chi connectivity index (χ1v) is 7.06. The average molecular weight is 263 g/mol.